The number of nitrogens with zero attached hydrogens (tertiary/aromatic N) is 3. The van der Waals surface area contributed by atoms with Crippen molar-refractivity contribution in [3.63, 3.8) is 0 Å². The lowest BCUT2D eigenvalue weighted by Gasteiger charge is -2.09. The van der Waals surface area contributed by atoms with Crippen LogP contribution in [0.5, 0.6) is 0 Å². The average molecular weight is 287 g/mol. The Hall–Kier alpha value is -2.37. The fourth-order valence-electron chi connectivity index (χ4n) is 1.99. The molecule has 0 aromatic carbocycles. The molecule has 2 rings (SSSR count). The van der Waals surface area contributed by atoms with Crippen LogP contribution in [0.2, 0.25) is 0 Å². The van der Waals surface area contributed by atoms with Crippen LogP contribution in [-0.2, 0) is 13.6 Å². The lowest BCUT2D eigenvalue weighted by molar-refractivity contribution is 0.0950. The molecule has 6 nitrogen and oxygen atoms in total. The number of pyridine rings is 1. The van der Waals surface area contributed by atoms with Crippen molar-refractivity contribution >= 4 is 11.7 Å². The fraction of sp³-hybridized carbons (Fsp3) is 0.400. The van der Waals surface area contributed by atoms with Crippen LogP contribution in [0.15, 0.2) is 24.5 Å². The van der Waals surface area contributed by atoms with Gasteiger partial charge in [0.1, 0.15) is 5.82 Å². The van der Waals surface area contributed by atoms with Gasteiger partial charge in [0.25, 0.3) is 5.91 Å². The lowest BCUT2D eigenvalue weighted by atomic mass is 10.2. The number of rotatable bonds is 6. The average Bonchev–Trinajstić information content (AvgIpc) is 2.87. The zero-order valence-corrected chi connectivity index (χ0v) is 12.7. The van der Waals surface area contributed by atoms with E-state index in [-0.39, 0.29) is 5.91 Å². The van der Waals surface area contributed by atoms with Crippen LogP contribution in [-0.4, -0.2) is 27.2 Å². The largest absolute Gasteiger partial charge is 0.370 e. The fourth-order valence-corrected chi connectivity index (χ4v) is 1.99. The molecule has 0 bridgehead atoms. The van der Waals surface area contributed by atoms with E-state index >= 15 is 0 Å². The van der Waals surface area contributed by atoms with Crippen LogP contribution in [0.25, 0.3) is 0 Å². The van der Waals surface area contributed by atoms with Gasteiger partial charge in [0.2, 0.25) is 0 Å². The van der Waals surface area contributed by atoms with E-state index in [0.717, 1.165) is 30.0 Å². The van der Waals surface area contributed by atoms with Gasteiger partial charge in [-0.1, -0.05) is 6.92 Å². The van der Waals surface area contributed by atoms with Crippen LogP contribution in [0.4, 0.5) is 5.82 Å². The summed E-state index contributed by atoms with van der Waals surface area (Å²) < 4.78 is 1.71. The summed E-state index contributed by atoms with van der Waals surface area (Å²) >= 11 is 0. The lowest BCUT2D eigenvalue weighted by Crippen LogP contribution is -2.23. The molecule has 21 heavy (non-hydrogen) atoms. The summed E-state index contributed by atoms with van der Waals surface area (Å²) in [5.41, 5.74) is 2.41. The number of hydrogen-bond donors (Lipinski definition) is 2. The van der Waals surface area contributed by atoms with Crippen molar-refractivity contribution < 1.29 is 4.79 Å². The molecule has 0 unspecified atom stereocenters. The van der Waals surface area contributed by atoms with Gasteiger partial charge in [-0.05, 0) is 25.5 Å². The second-order valence-electron chi connectivity index (χ2n) is 5.01. The molecule has 0 saturated heterocycles. The van der Waals surface area contributed by atoms with E-state index in [9.17, 15) is 4.79 Å². The van der Waals surface area contributed by atoms with Gasteiger partial charge >= 0.3 is 0 Å². The molecule has 0 atom stereocenters. The molecule has 0 fully saturated rings. The normalized spacial score (nSPS) is 10.4. The second kappa shape index (κ2) is 6.88. The van der Waals surface area contributed by atoms with Crippen molar-refractivity contribution in [2.24, 2.45) is 7.05 Å². The van der Waals surface area contributed by atoms with E-state index in [0.29, 0.717) is 12.1 Å². The van der Waals surface area contributed by atoms with Crippen molar-refractivity contribution in [1.29, 1.82) is 0 Å². The van der Waals surface area contributed by atoms with E-state index in [1.54, 1.807) is 23.0 Å². The van der Waals surface area contributed by atoms with Crippen LogP contribution in [0.1, 0.15) is 35.0 Å². The minimum Gasteiger partial charge on any atom is -0.370 e. The number of anilines is 1. The maximum atomic E-state index is 12.2. The highest BCUT2D eigenvalue weighted by molar-refractivity contribution is 5.94. The molecule has 0 aliphatic carbocycles. The summed E-state index contributed by atoms with van der Waals surface area (Å²) in [5.74, 6) is 0.632. The van der Waals surface area contributed by atoms with Crippen molar-refractivity contribution in [2.45, 2.75) is 26.8 Å². The van der Waals surface area contributed by atoms with Crippen LogP contribution in [0, 0.1) is 6.92 Å². The third-order valence-electron chi connectivity index (χ3n) is 2.98. The van der Waals surface area contributed by atoms with E-state index in [1.165, 1.54) is 0 Å². The first-order valence-corrected chi connectivity index (χ1v) is 7.06. The van der Waals surface area contributed by atoms with Crippen LogP contribution >= 0.6 is 0 Å². The molecular formula is C15H21N5O. The topological polar surface area (TPSA) is 71.8 Å². The van der Waals surface area contributed by atoms with Gasteiger partial charge in [0.15, 0.2) is 0 Å². The molecule has 1 amide bonds. The quantitative estimate of drug-likeness (QED) is 0.851. The number of aromatic nitrogens is 3. The Kier molecular flexibility index (Phi) is 4.92. The van der Waals surface area contributed by atoms with Crippen molar-refractivity contribution in [1.82, 2.24) is 20.1 Å². The van der Waals surface area contributed by atoms with Crippen molar-refractivity contribution in [3.8, 4) is 0 Å². The van der Waals surface area contributed by atoms with E-state index in [2.05, 4.69) is 27.6 Å². The number of nitrogens with one attached hydrogen (secondary N) is 2. The van der Waals surface area contributed by atoms with Gasteiger partial charge in [-0.2, -0.15) is 5.10 Å². The summed E-state index contributed by atoms with van der Waals surface area (Å²) in [6.07, 6.45) is 4.64. The molecule has 0 spiro atoms. The number of hydrogen-bond acceptors (Lipinski definition) is 4. The minimum atomic E-state index is -0.107. The Labute approximate surface area is 124 Å². The molecule has 0 aliphatic heterocycles. The van der Waals surface area contributed by atoms with Gasteiger partial charge in [-0.3, -0.25) is 9.48 Å². The van der Waals surface area contributed by atoms with Gasteiger partial charge in [-0.15, -0.1) is 0 Å². The molecule has 2 N–H and O–H groups in total. The Balaban J connectivity index is 2.02. The molecule has 0 aliphatic rings. The minimum absolute atomic E-state index is 0.107. The zero-order chi connectivity index (χ0) is 15.2. The number of amides is 1. The first-order valence-electron chi connectivity index (χ1n) is 7.06. The molecule has 0 radical (unpaired) electrons. The Morgan fingerprint density at radius 2 is 2.19 bits per heavy atom. The maximum Gasteiger partial charge on any atom is 0.251 e. The number of carbonyl (C=O) groups excluding carboxylic acids is 1. The van der Waals surface area contributed by atoms with E-state index in [1.807, 2.05) is 20.2 Å². The highest BCUT2D eigenvalue weighted by atomic mass is 16.1. The molecule has 2 aromatic heterocycles. The molecule has 6 heteroatoms. The zero-order valence-electron chi connectivity index (χ0n) is 12.7. The standard InChI is InChI=1S/C15H21N5O/c1-4-5-16-14-7-13(6-11(2)19-14)15(21)17-8-12-9-18-20(3)10-12/h6-7,9-10H,4-5,8H2,1-3H3,(H,16,19)(H,17,21). The molecule has 0 saturated carbocycles. The summed E-state index contributed by atoms with van der Waals surface area (Å²) in [5, 5.41) is 10.2. The van der Waals surface area contributed by atoms with Crippen molar-refractivity contribution in [2.75, 3.05) is 11.9 Å². The summed E-state index contributed by atoms with van der Waals surface area (Å²) in [7, 11) is 1.85. The molecule has 2 aromatic rings. The predicted octanol–water partition coefficient (Wildman–Crippen LogP) is 1.88. The van der Waals surface area contributed by atoms with Gasteiger partial charge < -0.3 is 10.6 Å². The molecule has 112 valence electrons. The maximum absolute atomic E-state index is 12.2. The van der Waals surface area contributed by atoms with E-state index < -0.39 is 0 Å². The third kappa shape index (κ3) is 4.30. The van der Waals surface area contributed by atoms with Gasteiger partial charge in [0, 0.05) is 43.2 Å². The number of carbonyl (C=O) groups is 1. The Morgan fingerprint density at radius 3 is 2.86 bits per heavy atom. The predicted molar refractivity (Wildman–Crippen MR) is 82.1 cm³/mol. The first-order chi connectivity index (χ1) is 10.1. The molecular weight excluding hydrogens is 266 g/mol. The Bertz CT molecular complexity index is 620. The number of aryl methyl sites for hydroxylation is 2. The third-order valence-corrected chi connectivity index (χ3v) is 2.98. The Morgan fingerprint density at radius 1 is 1.38 bits per heavy atom. The van der Waals surface area contributed by atoms with Gasteiger partial charge in [-0.25, -0.2) is 4.98 Å². The summed E-state index contributed by atoms with van der Waals surface area (Å²) in [6, 6.07) is 3.57. The van der Waals surface area contributed by atoms with Gasteiger partial charge in [0.05, 0.1) is 6.20 Å². The highest BCUT2D eigenvalue weighted by Gasteiger charge is 2.09. The summed E-state index contributed by atoms with van der Waals surface area (Å²) in [6.45, 7) is 5.28. The monoisotopic (exact) mass is 287 g/mol. The smallest absolute Gasteiger partial charge is 0.251 e. The first kappa shape index (κ1) is 15.0. The second-order valence-corrected chi connectivity index (χ2v) is 5.01. The molecule has 2 heterocycles. The SMILES string of the molecule is CCCNc1cc(C(=O)NCc2cnn(C)c2)cc(C)n1. The van der Waals surface area contributed by atoms with E-state index in [4.69, 9.17) is 0 Å². The van der Waals surface area contributed by atoms with Crippen LogP contribution in [0.3, 0.4) is 0 Å². The highest BCUT2D eigenvalue weighted by Crippen LogP contribution is 2.10. The summed E-state index contributed by atoms with van der Waals surface area (Å²) in [4.78, 5) is 16.6. The van der Waals surface area contributed by atoms with Crippen molar-refractivity contribution in [3.05, 3.63) is 41.3 Å². The van der Waals surface area contributed by atoms with Crippen LogP contribution < -0.4 is 10.6 Å².